The first-order valence-electron chi connectivity index (χ1n) is 7.99. The lowest BCUT2D eigenvalue weighted by molar-refractivity contribution is -0.150. The first-order valence-corrected chi connectivity index (χ1v) is 9.04. The van der Waals surface area contributed by atoms with Crippen LogP contribution in [0.1, 0.15) is 5.69 Å². The Hall–Kier alpha value is -3.28. The summed E-state index contributed by atoms with van der Waals surface area (Å²) < 4.78 is 5.06. The number of anilines is 1. The first-order chi connectivity index (χ1) is 13.4. The Kier molecular flexibility index (Phi) is 5.40. The van der Waals surface area contributed by atoms with Crippen LogP contribution in [0.5, 0.6) is 0 Å². The van der Waals surface area contributed by atoms with Crippen molar-refractivity contribution >= 4 is 41.1 Å². The van der Waals surface area contributed by atoms with E-state index in [1.54, 1.807) is 12.1 Å². The van der Waals surface area contributed by atoms with Crippen LogP contribution in [0.3, 0.4) is 0 Å². The van der Waals surface area contributed by atoms with E-state index in [9.17, 15) is 19.5 Å². The number of nitrogens with zero attached hydrogens (tertiary/aromatic N) is 3. The number of nitrogen functional groups attached to an aromatic ring is 1. The van der Waals surface area contributed by atoms with E-state index in [1.807, 2.05) is 0 Å². The van der Waals surface area contributed by atoms with Crippen molar-refractivity contribution in [2.75, 3.05) is 25.7 Å². The summed E-state index contributed by atoms with van der Waals surface area (Å²) in [5.41, 5.74) is 5.43. The largest absolute Gasteiger partial charge is 0.498 e. The Labute approximate surface area is 163 Å². The molecule has 0 saturated carbocycles. The lowest BCUT2D eigenvalue weighted by Crippen LogP contribution is -2.71. The van der Waals surface area contributed by atoms with Crippen molar-refractivity contribution in [3.8, 4) is 0 Å². The fraction of sp³-hybridized carbons (Fsp3) is 0.312. The summed E-state index contributed by atoms with van der Waals surface area (Å²) in [7, 11) is 2.61. The molecule has 2 amide bonds. The number of aliphatic carboxylic acids is 1. The highest BCUT2D eigenvalue weighted by atomic mass is 32.2. The van der Waals surface area contributed by atoms with Gasteiger partial charge in [0, 0.05) is 0 Å². The monoisotopic (exact) mass is 407 g/mol. The van der Waals surface area contributed by atoms with Gasteiger partial charge >= 0.3 is 5.97 Å². The second-order valence-electron chi connectivity index (χ2n) is 5.71. The summed E-state index contributed by atoms with van der Waals surface area (Å²) in [6.45, 7) is 0. The van der Waals surface area contributed by atoms with Crippen LogP contribution in [-0.2, 0) is 24.0 Å². The van der Waals surface area contributed by atoms with Crippen molar-refractivity contribution in [1.29, 1.82) is 0 Å². The molecule has 1 aromatic heterocycles. The van der Waals surface area contributed by atoms with Crippen molar-refractivity contribution in [1.82, 2.24) is 15.2 Å². The quantitative estimate of drug-likeness (QED) is 0.317. The highest BCUT2D eigenvalue weighted by molar-refractivity contribution is 8.00. The number of nitrogens with one attached hydrogen (secondary N) is 1. The van der Waals surface area contributed by atoms with Gasteiger partial charge in [-0.1, -0.05) is 11.2 Å². The molecular formula is C16H17N5O6S. The average Bonchev–Trinajstić information content (AvgIpc) is 2.68. The van der Waals surface area contributed by atoms with E-state index in [0.717, 1.165) is 4.90 Å². The van der Waals surface area contributed by atoms with Gasteiger partial charge in [0.1, 0.15) is 35.8 Å². The Balaban J connectivity index is 1.80. The number of rotatable bonds is 6. The summed E-state index contributed by atoms with van der Waals surface area (Å²) in [6, 6.07) is 3.74. The molecule has 4 N–H and O–H groups in total. The van der Waals surface area contributed by atoms with Crippen LogP contribution in [0.2, 0.25) is 0 Å². The van der Waals surface area contributed by atoms with E-state index in [-0.39, 0.29) is 34.4 Å². The molecule has 0 aromatic carbocycles. The number of aromatic nitrogens is 1. The predicted octanol–water partition coefficient (Wildman–Crippen LogP) is -0.643. The van der Waals surface area contributed by atoms with Crippen molar-refractivity contribution in [2.45, 2.75) is 11.4 Å². The van der Waals surface area contributed by atoms with Crippen LogP contribution >= 0.6 is 11.8 Å². The van der Waals surface area contributed by atoms with Gasteiger partial charge in [0.05, 0.1) is 12.9 Å². The molecule has 0 spiro atoms. The Morgan fingerprint density at radius 3 is 2.79 bits per heavy atom. The molecule has 0 bridgehead atoms. The van der Waals surface area contributed by atoms with E-state index in [4.69, 9.17) is 15.3 Å². The third-order valence-corrected chi connectivity index (χ3v) is 5.33. The Morgan fingerprint density at radius 1 is 1.43 bits per heavy atom. The standard InChI is InChI=1S/C16H17N5O6S/c1-26-8-6-28-15-11(14(23)21(15)12(8)16(24)25)19-13(22)10(20-27-2)7-4-3-5-9(17)18-7/h3-5,11,15H,6H2,1-2H3,(H2,17,18)(H,19,22)(H,24,25)/t11?,15-/m1/s1. The number of carboxylic acid groups (broad SMARTS) is 1. The lowest BCUT2D eigenvalue weighted by atomic mass is 10.0. The summed E-state index contributed by atoms with van der Waals surface area (Å²) in [4.78, 5) is 46.5. The van der Waals surface area contributed by atoms with Gasteiger partial charge in [-0.15, -0.1) is 11.8 Å². The van der Waals surface area contributed by atoms with Crippen LogP contribution in [0.15, 0.2) is 34.8 Å². The van der Waals surface area contributed by atoms with E-state index < -0.39 is 29.2 Å². The van der Waals surface area contributed by atoms with Gasteiger partial charge < -0.3 is 25.7 Å². The van der Waals surface area contributed by atoms with E-state index in [2.05, 4.69) is 15.5 Å². The minimum absolute atomic E-state index is 0.159. The maximum absolute atomic E-state index is 12.7. The van der Waals surface area contributed by atoms with Gasteiger partial charge in [-0.2, -0.15) is 0 Å². The fourth-order valence-corrected chi connectivity index (χ4v) is 4.15. The molecule has 28 heavy (non-hydrogen) atoms. The molecule has 2 atom stereocenters. The number of carbonyl (C=O) groups is 3. The molecule has 2 aliphatic rings. The second-order valence-corrected chi connectivity index (χ2v) is 6.82. The zero-order chi connectivity index (χ0) is 20.4. The highest BCUT2D eigenvalue weighted by Crippen LogP contribution is 2.40. The number of pyridine rings is 1. The lowest BCUT2D eigenvalue weighted by Gasteiger charge is -2.48. The summed E-state index contributed by atoms with van der Waals surface area (Å²) in [6.07, 6.45) is 0. The molecule has 2 aliphatic heterocycles. The zero-order valence-electron chi connectivity index (χ0n) is 14.9. The number of oxime groups is 1. The average molecular weight is 407 g/mol. The third kappa shape index (κ3) is 3.33. The number of amides is 2. The molecule has 1 saturated heterocycles. The normalized spacial score (nSPS) is 21.6. The molecule has 0 aliphatic carbocycles. The number of fused-ring (bicyclic) bond motifs is 1. The maximum Gasteiger partial charge on any atom is 0.356 e. The summed E-state index contributed by atoms with van der Waals surface area (Å²) in [5, 5.41) is 15.1. The van der Waals surface area contributed by atoms with Gasteiger partial charge in [0.2, 0.25) is 0 Å². The number of β-lactam (4-membered cyclic amide) rings is 1. The third-order valence-electron chi connectivity index (χ3n) is 4.08. The van der Waals surface area contributed by atoms with Crippen LogP contribution in [0, 0.1) is 0 Å². The topological polar surface area (TPSA) is 156 Å². The minimum atomic E-state index is -1.27. The molecule has 3 heterocycles. The molecule has 11 nitrogen and oxygen atoms in total. The SMILES string of the molecule is CON=C(C(=O)NC1C(=O)N2C(C(=O)O)=C(OC)CS[C@H]12)c1cccc(N)n1. The number of carbonyl (C=O) groups excluding carboxylic acids is 2. The molecule has 1 unspecified atom stereocenters. The maximum atomic E-state index is 12.7. The molecule has 1 fully saturated rings. The van der Waals surface area contributed by atoms with Gasteiger partial charge in [-0.3, -0.25) is 14.5 Å². The molecular weight excluding hydrogens is 390 g/mol. The number of thioether (sulfide) groups is 1. The Bertz CT molecular complexity index is 901. The van der Waals surface area contributed by atoms with E-state index in [1.165, 1.54) is 32.0 Å². The predicted molar refractivity (Wildman–Crippen MR) is 98.9 cm³/mol. The molecule has 1 aromatic rings. The van der Waals surface area contributed by atoms with Crippen molar-refractivity contribution in [3.05, 3.63) is 35.3 Å². The zero-order valence-corrected chi connectivity index (χ0v) is 15.7. The first kappa shape index (κ1) is 19.5. The Morgan fingerprint density at radius 2 is 2.18 bits per heavy atom. The number of hydrogen-bond acceptors (Lipinski definition) is 9. The smallest absolute Gasteiger partial charge is 0.356 e. The number of methoxy groups -OCH3 is 1. The van der Waals surface area contributed by atoms with Crippen LogP contribution in [0.4, 0.5) is 5.82 Å². The number of hydrogen-bond donors (Lipinski definition) is 3. The minimum Gasteiger partial charge on any atom is -0.498 e. The molecule has 0 radical (unpaired) electrons. The summed E-state index contributed by atoms with van der Waals surface area (Å²) >= 11 is 1.28. The van der Waals surface area contributed by atoms with Crippen molar-refractivity contribution in [2.24, 2.45) is 5.16 Å². The van der Waals surface area contributed by atoms with Gasteiger partial charge in [0.15, 0.2) is 11.4 Å². The van der Waals surface area contributed by atoms with Crippen molar-refractivity contribution < 1.29 is 29.1 Å². The van der Waals surface area contributed by atoms with Crippen LogP contribution in [-0.4, -0.2) is 69.9 Å². The van der Waals surface area contributed by atoms with Crippen LogP contribution < -0.4 is 11.1 Å². The van der Waals surface area contributed by atoms with Crippen LogP contribution in [0.25, 0.3) is 0 Å². The molecule has 148 valence electrons. The second kappa shape index (κ2) is 7.76. The van der Waals surface area contributed by atoms with Gasteiger partial charge in [0.25, 0.3) is 11.8 Å². The molecule has 12 heteroatoms. The molecule has 3 rings (SSSR count). The van der Waals surface area contributed by atoms with E-state index >= 15 is 0 Å². The number of carboxylic acids is 1. The van der Waals surface area contributed by atoms with E-state index in [0.29, 0.717) is 0 Å². The number of ether oxygens (including phenoxy) is 1. The van der Waals surface area contributed by atoms with Gasteiger partial charge in [-0.25, -0.2) is 9.78 Å². The van der Waals surface area contributed by atoms with Gasteiger partial charge in [-0.05, 0) is 12.1 Å². The fourth-order valence-electron chi connectivity index (χ4n) is 2.84. The summed E-state index contributed by atoms with van der Waals surface area (Å²) in [5.74, 6) is -1.89. The number of nitrogens with two attached hydrogens (primary N) is 1. The van der Waals surface area contributed by atoms with Crippen molar-refractivity contribution in [3.63, 3.8) is 0 Å². The highest BCUT2D eigenvalue weighted by Gasteiger charge is 2.55.